The van der Waals surface area contributed by atoms with Crippen LogP contribution in [-0.4, -0.2) is 54.1 Å². The average molecular weight is 550 g/mol. The summed E-state index contributed by atoms with van der Waals surface area (Å²) in [7, 11) is -2.30. The minimum Gasteiger partial charge on any atom is -0.507 e. The first-order chi connectivity index (χ1) is 15.8. The summed E-state index contributed by atoms with van der Waals surface area (Å²) >= 11 is 3.28. The Morgan fingerprint density at radius 1 is 1.21 bits per heavy atom. The number of amides is 2. The van der Waals surface area contributed by atoms with Gasteiger partial charge >= 0.3 is 6.09 Å². The number of fused-ring (bicyclic) bond motifs is 1. The minimum absolute atomic E-state index is 0.0974. The van der Waals surface area contributed by atoms with Crippen LogP contribution in [0.5, 0.6) is 5.75 Å². The average Bonchev–Trinajstić information content (AvgIpc) is 2.74. The molecule has 0 saturated heterocycles. The molecule has 0 aliphatic carbocycles. The number of rotatable bonds is 6. The number of carbonyl (C=O) groups is 2. The highest BCUT2D eigenvalue weighted by Crippen LogP contribution is 2.39. The van der Waals surface area contributed by atoms with Crippen LogP contribution in [0.25, 0.3) is 0 Å². The van der Waals surface area contributed by atoms with Gasteiger partial charge in [0.05, 0.1) is 17.7 Å². The lowest BCUT2D eigenvalue weighted by atomic mass is 9.91. The van der Waals surface area contributed by atoms with E-state index < -0.39 is 32.5 Å². The van der Waals surface area contributed by atoms with Crippen molar-refractivity contribution in [3.63, 3.8) is 0 Å². The SMILES string of the molecule is CC(C)(C)[Si](C)(C)O[C@H](CNC(=O)c1ccc(Br)cc1O)C1Cc2ccccc2CN1C(=O)O. The van der Waals surface area contributed by atoms with E-state index in [0.29, 0.717) is 10.9 Å². The molecular formula is C25H33BrN2O5Si. The van der Waals surface area contributed by atoms with Gasteiger partial charge in [0.1, 0.15) is 5.75 Å². The third kappa shape index (κ3) is 5.82. The first-order valence-corrected chi connectivity index (χ1v) is 15.0. The molecule has 0 radical (unpaired) electrons. The fourth-order valence-corrected chi connectivity index (χ4v) is 5.59. The molecule has 9 heteroatoms. The second kappa shape index (κ2) is 10.1. The van der Waals surface area contributed by atoms with Crippen LogP contribution in [-0.2, 0) is 17.4 Å². The maximum absolute atomic E-state index is 12.9. The highest BCUT2D eigenvalue weighted by molar-refractivity contribution is 9.10. The highest BCUT2D eigenvalue weighted by Gasteiger charge is 2.43. The summed E-state index contributed by atoms with van der Waals surface area (Å²) in [6.07, 6.45) is -1.06. The number of halogens is 1. The predicted molar refractivity (Wildman–Crippen MR) is 138 cm³/mol. The van der Waals surface area contributed by atoms with Crippen molar-refractivity contribution in [3.05, 3.63) is 63.6 Å². The van der Waals surface area contributed by atoms with Gasteiger partial charge in [0.15, 0.2) is 8.32 Å². The van der Waals surface area contributed by atoms with Gasteiger partial charge in [-0.3, -0.25) is 9.69 Å². The lowest BCUT2D eigenvalue weighted by molar-refractivity contribution is 0.0438. The van der Waals surface area contributed by atoms with Gasteiger partial charge in [-0.05, 0) is 53.9 Å². The van der Waals surface area contributed by atoms with Crippen molar-refractivity contribution < 1.29 is 24.2 Å². The van der Waals surface area contributed by atoms with Gasteiger partial charge in [0, 0.05) is 17.6 Å². The smallest absolute Gasteiger partial charge is 0.407 e. The molecule has 34 heavy (non-hydrogen) atoms. The Labute approximate surface area is 210 Å². The molecule has 2 aromatic carbocycles. The molecule has 3 rings (SSSR count). The molecule has 1 unspecified atom stereocenters. The fourth-order valence-electron chi connectivity index (χ4n) is 3.89. The van der Waals surface area contributed by atoms with Crippen molar-refractivity contribution in [2.45, 2.75) is 64.0 Å². The lowest BCUT2D eigenvalue weighted by Crippen LogP contribution is -2.58. The number of phenolic OH excluding ortho intramolecular Hbond substituents is 1. The van der Waals surface area contributed by atoms with Gasteiger partial charge in [0.25, 0.3) is 5.91 Å². The van der Waals surface area contributed by atoms with Gasteiger partial charge in [-0.15, -0.1) is 0 Å². The van der Waals surface area contributed by atoms with E-state index in [1.807, 2.05) is 24.3 Å². The van der Waals surface area contributed by atoms with Crippen LogP contribution in [0.1, 0.15) is 42.3 Å². The van der Waals surface area contributed by atoms with E-state index in [-0.39, 0.29) is 29.4 Å². The van der Waals surface area contributed by atoms with E-state index in [1.54, 1.807) is 12.1 Å². The largest absolute Gasteiger partial charge is 0.507 e. The Kier molecular flexibility index (Phi) is 7.79. The topological polar surface area (TPSA) is 99.1 Å². The first kappa shape index (κ1) is 26.2. The number of nitrogens with zero attached hydrogens (tertiary/aromatic N) is 1. The summed E-state index contributed by atoms with van der Waals surface area (Å²) in [5.41, 5.74) is 2.22. The van der Waals surface area contributed by atoms with E-state index in [1.165, 1.54) is 11.0 Å². The van der Waals surface area contributed by atoms with Crippen LogP contribution >= 0.6 is 15.9 Å². The maximum atomic E-state index is 12.9. The number of aromatic hydroxyl groups is 1. The molecule has 0 spiro atoms. The molecule has 1 aliphatic rings. The Hall–Kier alpha value is -2.36. The zero-order valence-electron chi connectivity index (χ0n) is 20.3. The normalized spacial score (nSPS) is 17.1. The van der Waals surface area contributed by atoms with E-state index in [9.17, 15) is 19.8 Å². The summed E-state index contributed by atoms with van der Waals surface area (Å²) in [6, 6.07) is 12.1. The molecule has 1 heterocycles. The third-order valence-corrected chi connectivity index (χ3v) is 11.9. The van der Waals surface area contributed by atoms with Gasteiger partial charge in [-0.1, -0.05) is 61.0 Å². The minimum atomic E-state index is -2.30. The molecule has 184 valence electrons. The van der Waals surface area contributed by atoms with Crippen LogP contribution in [0.2, 0.25) is 18.1 Å². The number of hydrogen-bond donors (Lipinski definition) is 3. The standard InChI is InChI=1S/C25H33BrN2O5Si/c1-25(2,3)34(4,5)33-22(14-27-23(30)19-11-10-18(26)13-21(19)29)20-12-16-8-6-7-9-17(16)15-28(20)24(31)32/h6-11,13,20,22,29H,12,14-15H2,1-5H3,(H,27,30)(H,31,32)/t20?,22-/m1/s1. The molecule has 3 N–H and O–H groups in total. The monoisotopic (exact) mass is 548 g/mol. The number of carbonyl (C=O) groups excluding carboxylic acids is 1. The Morgan fingerprint density at radius 2 is 1.85 bits per heavy atom. The van der Waals surface area contributed by atoms with E-state index in [2.05, 4.69) is 55.1 Å². The molecule has 0 fully saturated rings. The van der Waals surface area contributed by atoms with Crippen molar-refractivity contribution in [2.75, 3.05) is 6.54 Å². The summed E-state index contributed by atoms with van der Waals surface area (Å²) in [6.45, 7) is 11.0. The van der Waals surface area contributed by atoms with Crippen molar-refractivity contribution in [2.24, 2.45) is 0 Å². The zero-order chi connectivity index (χ0) is 25.3. The summed E-state index contributed by atoms with van der Waals surface area (Å²) in [4.78, 5) is 26.5. The molecule has 1 aliphatic heterocycles. The Morgan fingerprint density at radius 3 is 2.44 bits per heavy atom. The highest BCUT2D eigenvalue weighted by atomic mass is 79.9. The predicted octanol–water partition coefficient (Wildman–Crippen LogP) is 5.38. The quantitative estimate of drug-likeness (QED) is 0.421. The zero-order valence-corrected chi connectivity index (χ0v) is 22.8. The van der Waals surface area contributed by atoms with Crippen molar-refractivity contribution in [1.29, 1.82) is 0 Å². The summed E-state index contributed by atoms with van der Waals surface area (Å²) < 4.78 is 7.39. The molecule has 2 aromatic rings. The van der Waals surface area contributed by atoms with Crippen LogP contribution in [0.4, 0.5) is 4.79 Å². The molecular weight excluding hydrogens is 516 g/mol. The van der Waals surface area contributed by atoms with Gasteiger partial charge in [-0.2, -0.15) is 0 Å². The molecule has 0 bridgehead atoms. The van der Waals surface area contributed by atoms with E-state index in [0.717, 1.165) is 11.1 Å². The second-order valence-corrected chi connectivity index (χ2v) is 15.9. The van der Waals surface area contributed by atoms with Crippen molar-refractivity contribution in [1.82, 2.24) is 10.2 Å². The van der Waals surface area contributed by atoms with Crippen LogP contribution < -0.4 is 5.32 Å². The van der Waals surface area contributed by atoms with E-state index >= 15 is 0 Å². The fraction of sp³-hybridized carbons (Fsp3) is 0.440. The summed E-state index contributed by atoms with van der Waals surface area (Å²) in [5.74, 6) is -0.570. The number of benzene rings is 2. The number of hydrogen-bond acceptors (Lipinski definition) is 4. The number of carboxylic acid groups (broad SMARTS) is 1. The van der Waals surface area contributed by atoms with Gasteiger partial charge in [0.2, 0.25) is 0 Å². The van der Waals surface area contributed by atoms with Crippen LogP contribution in [0, 0.1) is 0 Å². The lowest BCUT2D eigenvalue weighted by Gasteiger charge is -2.45. The molecule has 0 aromatic heterocycles. The molecule has 2 amide bonds. The van der Waals surface area contributed by atoms with Crippen molar-refractivity contribution >= 4 is 36.2 Å². The Bertz CT molecular complexity index is 1070. The van der Waals surface area contributed by atoms with E-state index in [4.69, 9.17) is 4.43 Å². The van der Waals surface area contributed by atoms with Crippen molar-refractivity contribution in [3.8, 4) is 5.75 Å². The molecule has 2 atom stereocenters. The van der Waals surface area contributed by atoms with Gasteiger partial charge < -0.3 is 20.0 Å². The number of phenols is 1. The number of nitrogens with one attached hydrogen (secondary N) is 1. The maximum Gasteiger partial charge on any atom is 0.407 e. The Balaban J connectivity index is 1.91. The van der Waals surface area contributed by atoms with Crippen LogP contribution in [0.15, 0.2) is 46.9 Å². The van der Waals surface area contributed by atoms with Gasteiger partial charge in [-0.25, -0.2) is 4.79 Å². The van der Waals surface area contributed by atoms with Crippen LogP contribution in [0.3, 0.4) is 0 Å². The first-order valence-electron chi connectivity index (χ1n) is 11.3. The summed E-state index contributed by atoms with van der Waals surface area (Å²) in [5, 5.41) is 23.0. The molecule has 7 nitrogen and oxygen atoms in total. The molecule has 0 saturated carbocycles. The second-order valence-electron chi connectivity index (χ2n) is 10.2. The third-order valence-electron chi connectivity index (χ3n) is 6.88.